The molecule has 0 bridgehead atoms. The van der Waals surface area contributed by atoms with E-state index in [-0.39, 0.29) is 12.1 Å². The normalized spacial score (nSPS) is 11.2. The molecule has 0 radical (unpaired) electrons. The van der Waals surface area contributed by atoms with Gasteiger partial charge in [0.25, 0.3) is 5.56 Å². The molecule has 0 aliphatic rings. The largest absolute Gasteiger partial charge is 0.425 e. The zero-order chi connectivity index (χ0) is 19.1. The van der Waals surface area contributed by atoms with Gasteiger partial charge in [-0.05, 0) is 31.5 Å². The highest BCUT2D eigenvalue weighted by molar-refractivity contribution is 7.18. The number of rotatable bonds is 3. The van der Waals surface area contributed by atoms with Crippen LogP contribution in [0.1, 0.15) is 10.4 Å². The summed E-state index contributed by atoms with van der Waals surface area (Å²) in [5.74, 6) is -0.139. The molecule has 7 heteroatoms. The third-order valence-corrected chi connectivity index (χ3v) is 5.95. The van der Waals surface area contributed by atoms with E-state index in [0.717, 1.165) is 21.2 Å². The van der Waals surface area contributed by atoms with Crippen LogP contribution in [0.5, 0.6) is 5.75 Å². The van der Waals surface area contributed by atoms with Crippen LogP contribution in [-0.4, -0.2) is 15.5 Å². The van der Waals surface area contributed by atoms with Crippen molar-refractivity contribution in [3.05, 3.63) is 68.5 Å². The Kier molecular flexibility index (Phi) is 4.45. The maximum absolute atomic E-state index is 12.7. The van der Waals surface area contributed by atoms with Gasteiger partial charge in [0.05, 0.1) is 11.7 Å². The number of aromatic nitrogens is 2. The molecule has 0 saturated heterocycles. The van der Waals surface area contributed by atoms with Crippen LogP contribution in [0.15, 0.2) is 47.5 Å². The predicted octanol–water partition coefficient (Wildman–Crippen LogP) is 4.49. The van der Waals surface area contributed by atoms with Crippen molar-refractivity contribution in [2.45, 2.75) is 20.4 Å². The van der Waals surface area contributed by atoms with Gasteiger partial charge in [0.1, 0.15) is 17.1 Å². The van der Waals surface area contributed by atoms with Gasteiger partial charge in [0, 0.05) is 20.7 Å². The molecule has 2 heterocycles. The van der Waals surface area contributed by atoms with Crippen molar-refractivity contribution in [3.8, 4) is 5.75 Å². The quantitative estimate of drug-likeness (QED) is 0.377. The average Bonchev–Trinajstić information content (AvgIpc) is 2.95. The van der Waals surface area contributed by atoms with Crippen LogP contribution >= 0.6 is 22.9 Å². The van der Waals surface area contributed by atoms with E-state index in [9.17, 15) is 9.59 Å². The van der Waals surface area contributed by atoms with Crippen molar-refractivity contribution in [2.24, 2.45) is 0 Å². The molecule has 5 nitrogen and oxygen atoms in total. The molecular formula is C20H15ClN2O3S. The number of benzene rings is 2. The lowest BCUT2D eigenvalue weighted by Crippen LogP contribution is -2.26. The summed E-state index contributed by atoms with van der Waals surface area (Å²) in [4.78, 5) is 31.2. The third kappa shape index (κ3) is 3.11. The number of halogens is 1. The third-order valence-electron chi connectivity index (χ3n) is 4.51. The van der Waals surface area contributed by atoms with E-state index in [0.29, 0.717) is 21.0 Å². The molecule has 4 aromatic rings. The van der Waals surface area contributed by atoms with E-state index >= 15 is 0 Å². The Labute approximate surface area is 163 Å². The fraction of sp³-hybridized carbons (Fsp3) is 0.150. The number of hydrogen-bond acceptors (Lipinski definition) is 5. The minimum atomic E-state index is -0.546. The lowest BCUT2D eigenvalue weighted by atomic mass is 10.1. The Morgan fingerprint density at radius 2 is 1.93 bits per heavy atom. The molecule has 136 valence electrons. The Morgan fingerprint density at radius 3 is 2.70 bits per heavy atom. The molecule has 0 unspecified atom stereocenters. The first kappa shape index (κ1) is 17.7. The molecule has 0 fully saturated rings. The van der Waals surface area contributed by atoms with E-state index in [1.807, 2.05) is 38.1 Å². The molecule has 0 atom stereocenters. The average molecular weight is 399 g/mol. The van der Waals surface area contributed by atoms with Crippen LogP contribution in [0.3, 0.4) is 0 Å². The van der Waals surface area contributed by atoms with Gasteiger partial charge in [-0.15, -0.1) is 11.3 Å². The monoisotopic (exact) mass is 398 g/mol. The van der Waals surface area contributed by atoms with Crippen molar-refractivity contribution < 1.29 is 9.53 Å². The van der Waals surface area contributed by atoms with E-state index in [2.05, 4.69) is 4.98 Å². The number of fused-ring (bicyclic) bond motifs is 2. The summed E-state index contributed by atoms with van der Waals surface area (Å²) < 4.78 is 6.79. The molecule has 2 aromatic carbocycles. The number of carbonyl (C=O) groups excluding carboxylic acids is 1. The van der Waals surface area contributed by atoms with Crippen molar-refractivity contribution in [1.29, 1.82) is 0 Å². The molecule has 0 N–H and O–H groups in total. The molecular weight excluding hydrogens is 384 g/mol. The second kappa shape index (κ2) is 6.79. The number of nitrogens with zero attached hydrogens (tertiary/aromatic N) is 2. The zero-order valence-electron chi connectivity index (χ0n) is 14.7. The number of hydrogen-bond donors (Lipinski definition) is 0. The van der Waals surface area contributed by atoms with Crippen molar-refractivity contribution >= 4 is 49.9 Å². The van der Waals surface area contributed by atoms with Gasteiger partial charge < -0.3 is 4.74 Å². The van der Waals surface area contributed by atoms with Crippen LogP contribution in [0, 0.1) is 13.8 Å². The van der Waals surface area contributed by atoms with E-state index in [1.165, 1.54) is 22.2 Å². The van der Waals surface area contributed by atoms with Crippen LogP contribution in [-0.2, 0) is 11.3 Å². The Balaban J connectivity index is 1.65. The number of carbonyl (C=O) groups is 1. The van der Waals surface area contributed by atoms with Crippen LogP contribution in [0.4, 0.5) is 0 Å². The summed E-state index contributed by atoms with van der Waals surface area (Å²) in [5, 5.41) is 2.68. The van der Waals surface area contributed by atoms with Gasteiger partial charge in [0.15, 0.2) is 0 Å². The fourth-order valence-corrected chi connectivity index (χ4v) is 4.22. The molecule has 0 aliphatic heterocycles. The van der Waals surface area contributed by atoms with Gasteiger partial charge in [-0.1, -0.05) is 35.9 Å². The maximum Gasteiger partial charge on any atom is 0.331 e. The lowest BCUT2D eigenvalue weighted by Gasteiger charge is -2.10. The highest BCUT2D eigenvalue weighted by Gasteiger charge is 2.15. The van der Waals surface area contributed by atoms with E-state index in [4.69, 9.17) is 16.3 Å². The first-order valence-electron chi connectivity index (χ1n) is 8.29. The SMILES string of the molecule is Cc1sc2ncn(CC(=O)Oc3ccc(Cl)c4ccccc34)c(=O)c2c1C. The van der Waals surface area contributed by atoms with Gasteiger partial charge in [-0.3, -0.25) is 9.36 Å². The molecule has 0 spiro atoms. The molecule has 0 aliphatic carbocycles. The van der Waals surface area contributed by atoms with Gasteiger partial charge in [-0.25, -0.2) is 9.78 Å². The molecule has 2 aromatic heterocycles. The topological polar surface area (TPSA) is 61.2 Å². The van der Waals surface area contributed by atoms with Crippen molar-refractivity contribution in [3.63, 3.8) is 0 Å². The van der Waals surface area contributed by atoms with Crippen LogP contribution < -0.4 is 10.3 Å². The first-order valence-corrected chi connectivity index (χ1v) is 9.48. The lowest BCUT2D eigenvalue weighted by molar-refractivity contribution is -0.135. The number of thiophene rings is 1. The molecule has 27 heavy (non-hydrogen) atoms. The summed E-state index contributed by atoms with van der Waals surface area (Å²) >= 11 is 7.67. The summed E-state index contributed by atoms with van der Waals surface area (Å²) in [5.41, 5.74) is 0.665. The summed E-state index contributed by atoms with van der Waals surface area (Å²) in [6, 6.07) is 10.7. The molecule has 0 amide bonds. The Hall–Kier alpha value is -2.70. The van der Waals surface area contributed by atoms with Crippen LogP contribution in [0.2, 0.25) is 5.02 Å². The second-order valence-electron chi connectivity index (χ2n) is 6.21. The second-order valence-corrected chi connectivity index (χ2v) is 7.82. The van der Waals surface area contributed by atoms with Gasteiger partial charge in [0.2, 0.25) is 0 Å². The highest BCUT2D eigenvalue weighted by atomic mass is 35.5. The maximum atomic E-state index is 12.7. The summed E-state index contributed by atoms with van der Waals surface area (Å²) in [6.45, 7) is 3.62. The predicted molar refractivity (Wildman–Crippen MR) is 108 cm³/mol. The molecule has 4 rings (SSSR count). The number of esters is 1. The van der Waals surface area contributed by atoms with E-state index in [1.54, 1.807) is 12.1 Å². The summed E-state index contributed by atoms with van der Waals surface area (Å²) in [7, 11) is 0. The number of aryl methyl sites for hydroxylation is 2. The van der Waals surface area contributed by atoms with Crippen LogP contribution in [0.25, 0.3) is 21.0 Å². The smallest absolute Gasteiger partial charge is 0.331 e. The first-order chi connectivity index (χ1) is 13.0. The van der Waals surface area contributed by atoms with Crippen molar-refractivity contribution in [1.82, 2.24) is 9.55 Å². The highest BCUT2D eigenvalue weighted by Crippen LogP contribution is 2.31. The van der Waals surface area contributed by atoms with Gasteiger partial charge >= 0.3 is 5.97 Å². The van der Waals surface area contributed by atoms with Crippen molar-refractivity contribution in [2.75, 3.05) is 0 Å². The zero-order valence-corrected chi connectivity index (χ0v) is 16.2. The standard InChI is InChI=1S/C20H15ClN2O3S/c1-11-12(2)27-19-18(11)20(25)23(10-22-19)9-17(24)26-16-8-7-15(21)13-5-3-4-6-14(13)16/h3-8,10H,9H2,1-2H3. The van der Waals surface area contributed by atoms with Gasteiger partial charge in [-0.2, -0.15) is 0 Å². The summed E-state index contributed by atoms with van der Waals surface area (Å²) in [6.07, 6.45) is 1.39. The molecule has 0 saturated carbocycles. The Morgan fingerprint density at radius 1 is 1.19 bits per heavy atom. The minimum Gasteiger partial charge on any atom is -0.425 e. The number of ether oxygens (including phenoxy) is 1. The Bertz CT molecular complexity index is 1260. The minimum absolute atomic E-state index is 0.215. The fourth-order valence-electron chi connectivity index (χ4n) is 3.00. The van der Waals surface area contributed by atoms with E-state index < -0.39 is 5.97 Å².